The molecule has 2 rings (SSSR count). The Labute approximate surface area is 132 Å². The Bertz CT molecular complexity index is 423. The third-order valence-electron chi connectivity index (χ3n) is 4.06. The monoisotopic (exact) mass is 309 g/mol. The summed E-state index contributed by atoms with van der Waals surface area (Å²) >= 11 is 2.05. The highest BCUT2D eigenvalue weighted by Crippen LogP contribution is 2.35. The van der Waals surface area contributed by atoms with E-state index in [-0.39, 0.29) is 0 Å². The Hall–Kier alpha value is -0.710. The Balaban J connectivity index is 2.05. The average molecular weight is 309 g/mol. The van der Waals surface area contributed by atoms with Gasteiger partial charge >= 0.3 is 0 Å². The standard InChI is InChI=1S/C17H27NO2S/c1-5-18-17(14-6-8-15(19-4)9-7-14)13(3)21-16-10-11-20-12(16)2/h6-9,12-13,16-18H,5,10-11H2,1-4H3. The van der Waals surface area contributed by atoms with Crippen LogP contribution in [-0.4, -0.2) is 36.9 Å². The number of benzene rings is 1. The molecule has 1 aliphatic heterocycles. The molecule has 1 aliphatic rings. The smallest absolute Gasteiger partial charge is 0.118 e. The van der Waals surface area contributed by atoms with Gasteiger partial charge in [-0.1, -0.05) is 26.0 Å². The molecule has 0 aliphatic carbocycles. The Morgan fingerprint density at radius 1 is 1.38 bits per heavy atom. The molecule has 1 N–H and O–H groups in total. The van der Waals surface area contributed by atoms with Crippen molar-refractivity contribution in [2.75, 3.05) is 20.3 Å². The predicted molar refractivity (Wildman–Crippen MR) is 90.3 cm³/mol. The lowest BCUT2D eigenvalue weighted by Crippen LogP contribution is -2.30. The minimum Gasteiger partial charge on any atom is -0.497 e. The number of nitrogens with one attached hydrogen (secondary N) is 1. The maximum atomic E-state index is 5.68. The van der Waals surface area contributed by atoms with E-state index in [2.05, 4.69) is 38.2 Å². The summed E-state index contributed by atoms with van der Waals surface area (Å²) in [5, 5.41) is 4.74. The van der Waals surface area contributed by atoms with Crippen molar-refractivity contribution in [3.05, 3.63) is 29.8 Å². The van der Waals surface area contributed by atoms with Crippen molar-refractivity contribution in [3.63, 3.8) is 0 Å². The second-order valence-electron chi connectivity index (χ2n) is 5.55. The van der Waals surface area contributed by atoms with Gasteiger partial charge in [0.25, 0.3) is 0 Å². The summed E-state index contributed by atoms with van der Waals surface area (Å²) in [4.78, 5) is 0. The predicted octanol–water partition coefficient (Wildman–Crippen LogP) is 3.64. The third kappa shape index (κ3) is 4.38. The molecule has 1 fully saturated rings. The Morgan fingerprint density at radius 2 is 2.10 bits per heavy atom. The SMILES string of the molecule is CCNC(c1ccc(OC)cc1)C(C)SC1CCOC1C. The lowest BCUT2D eigenvalue weighted by molar-refractivity contribution is 0.127. The van der Waals surface area contributed by atoms with Gasteiger partial charge in [0.2, 0.25) is 0 Å². The van der Waals surface area contributed by atoms with Crippen LogP contribution in [0.1, 0.15) is 38.8 Å². The summed E-state index contributed by atoms with van der Waals surface area (Å²) in [5.74, 6) is 0.909. The third-order valence-corrected chi connectivity index (χ3v) is 5.73. The fourth-order valence-electron chi connectivity index (χ4n) is 2.83. The molecule has 118 valence electrons. The zero-order valence-corrected chi connectivity index (χ0v) is 14.3. The number of hydrogen-bond acceptors (Lipinski definition) is 4. The topological polar surface area (TPSA) is 30.5 Å². The molecule has 1 aromatic rings. The van der Waals surface area contributed by atoms with Crippen LogP contribution in [0.15, 0.2) is 24.3 Å². The van der Waals surface area contributed by atoms with Gasteiger partial charge in [-0.3, -0.25) is 0 Å². The number of hydrogen-bond donors (Lipinski definition) is 1. The molecule has 21 heavy (non-hydrogen) atoms. The van der Waals surface area contributed by atoms with Crippen molar-refractivity contribution in [3.8, 4) is 5.75 Å². The van der Waals surface area contributed by atoms with Crippen molar-refractivity contribution in [1.29, 1.82) is 0 Å². The van der Waals surface area contributed by atoms with Gasteiger partial charge in [0.15, 0.2) is 0 Å². The largest absolute Gasteiger partial charge is 0.497 e. The molecule has 0 saturated carbocycles. The van der Waals surface area contributed by atoms with Crippen molar-refractivity contribution in [2.45, 2.75) is 49.8 Å². The Morgan fingerprint density at radius 3 is 2.62 bits per heavy atom. The second kappa shape index (κ2) is 8.06. The van der Waals surface area contributed by atoms with Gasteiger partial charge in [0.05, 0.1) is 13.2 Å². The number of methoxy groups -OCH3 is 1. The number of rotatable bonds is 7. The van der Waals surface area contributed by atoms with Crippen LogP contribution in [0.3, 0.4) is 0 Å². The van der Waals surface area contributed by atoms with Gasteiger partial charge < -0.3 is 14.8 Å². The molecule has 0 radical (unpaired) electrons. The van der Waals surface area contributed by atoms with E-state index in [1.165, 1.54) is 5.56 Å². The molecule has 4 heteroatoms. The molecule has 0 bridgehead atoms. The van der Waals surface area contributed by atoms with Gasteiger partial charge in [-0.25, -0.2) is 0 Å². The van der Waals surface area contributed by atoms with E-state index in [1.807, 2.05) is 23.9 Å². The van der Waals surface area contributed by atoms with E-state index >= 15 is 0 Å². The van der Waals surface area contributed by atoms with Crippen LogP contribution in [0.4, 0.5) is 0 Å². The highest BCUT2D eigenvalue weighted by Gasteiger charge is 2.29. The van der Waals surface area contributed by atoms with E-state index in [0.717, 1.165) is 25.3 Å². The van der Waals surface area contributed by atoms with E-state index in [1.54, 1.807) is 7.11 Å². The van der Waals surface area contributed by atoms with Gasteiger partial charge in [0, 0.05) is 23.1 Å². The number of thioether (sulfide) groups is 1. The summed E-state index contributed by atoms with van der Waals surface area (Å²) in [6.07, 6.45) is 1.54. The van der Waals surface area contributed by atoms with Gasteiger partial charge in [-0.15, -0.1) is 0 Å². The van der Waals surface area contributed by atoms with Crippen LogP contribution in [-0.2, 0) is 4.74 Å². The zero-order chi connectivity index (χ0) is 15.2. The van der Waals surface area contributed by atoms with Crippen LogP contribution >= 0.6 is 11.8 Å². The van der Waals surface area contributed by atoms with E-state index in [4.69, 9.17) is 9.47 Å². The summed E-state index contributed by atoms with van der Waals surface area (Å²) in [6, 6.07) is 8.77. The highest BCUT2D eigenvalue weighted by molar-refractivity contribution is 8.00. The molecule has 1 heterocycles. The molecule has 3 nitrogen and oxygen atoms in total. The minimum absolute atomic E-state index is 0.360. The normalized spacial score (nSPS) is 24.8. The fourth-order valence-corrected chi connectivity index (χ4v) is 4.33. The molecular weight excluding hydrogens is 282 g/mol. The van der Waals surface area contributed by atoms with Crippen molar-refractivity contribution >= 4 is 11.8 Å². The van der Waals surface area contributed by atoms with Crippen LogP contribution in [0.2, 0.25) is 0 Å². The fraction of sp³-hybridized carbons (Fsp3) is 0.647. The van der Waals surface area contributed by atoms with E-state index in [0.29, 0.717) is 22.6 Å². The average Bonchev–Trinajstić information content (AvgIpc) is 2.90. The van der Waals surface area contributed by atoms with Crippen LogP contribution < -0.4 is 10.1 Å². The summed E-state index contributed by atoms with van der Waals surface area (Å²) in [5.41, 5.74) is 1.32. The zero-order valence-electron chi connectivity index (χ0n) is 13.5. The molecule has 4 atom stereocenters. The summed E-state index contributed by atoms with van der Waals surface area (Å²) in [6.45, 7) is 8.54. The van der Waals surface area contributed by atoms with E-state index < -0.39 is 0 Å². The number of ether oxygens (including phenoxy) is 2. The first-order chi connectivity index (χ1) is 10.2. The van der Waals surface area contributed by atoms with Gasteiger partial charge in [-0.05, 0) is 37.6 Å². The first-order valence-corrected chi connectivity index (χ1v) is 8.74. The van der Waals surface area contributed by atoms with Crippen molar-refractivity contribution in [1.82, 2.24) is 5.32 Å². The molecule has 0 amide bonds. The van der Waals surface area contributed by atoms with Crippen molar-refractivity contribution < 1.29 is 9.47 Å². The second-order valence-corrected chi connectivity index (χ2v) is 7.17. The molecular formula is C17H27NO2S. The molecule has 1 aromatic carbocycles. The summed E-state index contributed by atoms with van der Waals surface area (Å²) < 4.78 is 10.9. The highest BCUT2D eigenvalue weighted by atomic mass is 32.2. The first-order valence-electron chi connectivity index (χ1n) is 7.80. The van der Waals surface area contributed by atoms with E-state index in [9.17, 15) is 0 Å². The lowest BCUT2D eigenvalue weighted by Gasteiger charge is -2.28. The van der Waals surface area contributed by atoms with Gasteiger partial charge in [0.1, 0.15) is 5.75 Å². The minimum atomic E-state index is 0.360. The summed E-state index contributed by atoms with van der Waals surface area (Å²) in [7, 11) is 1.71. The molecule has 4 unspecified atom stereocenters. The maximum Gasteiger partial charge on any atom is 0.118 e. The quantitative estimate of drug-likeness (QED) is 0.833. The lowest BCUT2D eigenvalue weighted by atomic mass is 10.0. The van der Waals surface area contributed by atoms with Gasteiger partial charge in [-0.2, -0.15) is 11.8 Å². The molecule has 0 aromatic heterocycles. The van der Waals surface area contributed by atoms with Crippen LogP contribution in [0, 0.1) is 0 Å². The molecule has 0 spiro atoms. The Kier molecular flexibility index (Phi) is 6.40. The molecule has 1 saturated heterocycles. The first kappa shape index (κ1) is 16.7. The maximum absolute atomic E-state index is 5.68. The van der Waals surface area contributed by atoms with Crippen LogP contribution in [0.5, 0.6) is 5.75 Å². The van der Waals surface area contributed by atoms with Crippen LogP contribution in [0.25, 0.3) is 0 Å². The van der Waals surface area contributed by atoms with Crippen molar-refractivity contribution in [2.24, 2.45) is 0 Å².